The molecular weight excluding hydrogens is 380 g/mol. The van der Waals surface area contributed by atoms with Gasteiger partial charge in [0, 0.05) is 12.1 Å². The second-order valence-corrected chi connectivity index (χ2v) is 5.09. The first-order valence-corrected chi connectivity index (χ1v) is 6.67. The third kappa shape index (κ3) is 4.32. The van der Waals surface area contributed by atoms with E-state index in [1.807, 2.05) is 0 Å². The van der Waals surface area contributed by atoms with E-state index in [1.165, 1.54) is 0 Å². The lowest BCUT2D eigenvalue weighted by Crippen LogP contribution is -2.12. The van der Waals surface area contributed by atoms with Gasteiger partial charge in [0.25, 0.3) is 5.69 Å². The molecule has 0 unspecified atom stereocenters. The molecule has 2 rings (SSSR count). The number of hydrogen-bond donors (Lipinski definition) is 0. The summed E-state index contributed by atoms with van der Waals surface area (Å²) in [5.41, 5.74) is -3.58. The predicted molar refractivity (Wildman–Crippen MR) is 74.6 cm³/mol. The van der Waals surface area contributed by atoms with Gasteiger partial charge in [-0.05, 0) is 24.3 Å². The first kappa shape index (κ1) is 18.8. The Morgan fingerprint density at radius 3 is 2.00 bits per heavy atom. The summed E-state index contributed by atoms with van der Waals surface area (Å²) in [6.07, 6.45) is -10.1. The van der Waals surface area contributed by atoms with Gasteiger partial charge in [-0.1, -0.05) is 11.6 Å². The smallest absolute Gasteiger partial charge is 0.420 e. The van der Waals surface area contributed by atoms with Crippen LogP contribution in [0.5, 0.6) is 11.5 Å². The summed E-state index contributed by atoms with van der Waals surface area (Å²) in [4.78, 5) is 9.81. The van der Waals surface area contributed by atoms with Gasteiger partial charge in [-0.2, -0.15) is 26.3 Å². The highest BCUT2D eigenvalue weighted by atomic mass is 35.5. The fourth-order valence-electron chi connectivity index (χ4n) is 1.82. The van der Waals surface area contributed by atoms with Crippen LogP contribution in [-0.4, -0.2) is 4.92 Å². The highest BCUT2D eigenvalue weighted by Crippen LogP contribution is 2.43. The van der Waals surface area contributed by atoms with Gasteiger partial charge in [0.2, 0.25) is 0 Å². The van der Waals surface area contributed by atoms with Gasteiger partial charge in [0.15, 0.2) is 0 Å². The third-order valence-electron chi connectivity index (χ3n) is 2.96. The Morgan fingerprint density at radius 2 is 1.52 bits per heavy atom. The molecule has 0 aromatic heterocycles. The summed E-state index contributed by atoms with van der Waals surface area (Å²) in [6, 6.07) is 3.55. The summed E-state index contributed by atoms with van der Waals surface area (Å²) in [7, 11) is 0. The van der Waals surface area contributed by atoms with Crippen molar-refractivity contribution in [2.75, 3.05) is 0 Å². The molecule has 2 aromatic rings. The maximum Gasteiger partial charge on any atom is 0.420 e. The fraction of sp³-hybridized carbons (Fsp3) is 0.143. The molecule has 0 spiro atoms. The Morgan fingerprint density at radius 1 is 0.920 bits per heavy atom. The fourth-order valence-corrected chi connectivity index (χ4v) is 2.03. The summed E-state index contributed by atoms with van der Waals surface area (Å²) < 4.78 is 81.8. The topological polar surface area (TPSA) is 52.4 Å². The molecule has 0 radical (unpaired) electrons. The van der Waals surface area contributed by atoms with Crippen LogP contribution >= 0.6 is 11.6 Å². The molecule has 0 aliphatic rings. The lowest BCUT2D eigenvalue weighted by atomic mass is 10.1. The molecular formula is C14H6ClF6NO3. The van der Waals surface area contributed by atoms with Gasteiger partial charge in [-0.15, -0.1) is 0 Å². The molecule has 0 fully saturated rings. The highest BCUT2D eigenvalue weighted by molar-refractivity contribution is 6.32. The lowest BCUT2D eigenvalue weighted by molar-refractivity contribution is -0.384. The molecule has 11 heteroatoms. The zero-order valence-corrected chi connectivity index (χ0v) is 12.5. The molecule has 4 nitrogen and oxygen atoms in total. The Labute approximate surface area is 140 Å². The second-order valence-electron chi connectivity index (χ2n) is 4.68. The number of benzene rings is 2. The minimum atomic E-state index is -5.12. The molecule has 0 aliphatic heterocycles. The van der Waals surface area contributed by atoms with Gasteiger partial charge < -0.3 is 4.74 Å². The van der Waals surface area contributed by atoms with Crippen LogP contribution in [0.25, 0.3) is 0 Å². The molecule has 0 atom stereocenters. The molecule has 0 aliphatic carbocycles. The van der Waals surface area contributed by atoms with Crippen molar-refractivity contribution in [3.8, 4) is 11.5 Å². The van der Waals surface area contributed by atoms with Gasteiger partial charge in [0.1, 0.15) is 11.5 Å². The minimum absolute atomic E-state index is 0.0887. The third-order valence-corrected chi connectivity index (χ3v) is 3.25. The number of rotatable bonds is 3. The normalized spacial score (nSPS) is 12.1. The number of ether oxygens (including phenoxy) is 1. The molecule has 0 saturated heterocycles. The first-order chi connectivity index (χ1) is 11.4. The van der Waals surface area contributed by atoms with Crippen molar-refractivity contribution < 1.29 is 36.0 Å². The monoisotopic (exact) mass is 385 g/mol. The summed E-state index contributed by atoms with van der Waals surface area (Å²) in [5, 5.41) is 10.2. The largest absolute Gasteiger partial charge is 0.455 e. The van der Waals surface area contributed by atoms with E-state index in [4.69, 9.17) is 16.3 Å². The Balaban J connectivity index is 2.48. The van der Waals surface area contributed by atoms with E-state index < -0.39 is 39.8 Å². The Hall–Kier alpha value is -2.49. The number of nitro benzene ring substituents is 1. The van der Waals surface area contributed by atoms with Gasteiger partial charge in [-0.3, -0.25) is 10.1 Å². The standard InChI is InChI=1S/C14H6ClF6NO3/c15-10-6-8(22(23)24)2-4-12(10)25-11-3-1-7(13(16,17)18)5-9(11)14(19,20)21/h1-6H. The van der Waals surface area contributed by atoms with Crippen molar-refractivity contribution in [3.05, 3.63) is 62.7 Å². The van der Waals surface area contributed by atoms with Crippen molar-refractivity contribution in [3.63, 3.8) is 0 Å². The molecule has 0 amide bonds. The zero-order chi connectivity index (χ0) is 19.0. The van der Waals surface area contributed by atoms with Crippen LogP contribution in [0.4, 0.5) is 32.0 Å². The van der Waals surface area contributed by atoms with Crippen LogP contribution in [0.3, 0.4) is 0 Å². The maximum absolute atomic E-state index is 13.0. The van der Waals surface area contributed by atoms with E-state index in [9.17, 15) is 36.5 Å². The van der Waals surface area contributed by atoms with Crippen LogP contribution in [0.15, 0.2) is 36.4 Å². The maximum atomic E-state index is 13.0. The minimum Gasteiger partial charge on any atom is -0.455 e. The quantitative estimate of drug-likeness (QED) is 0.365. The molecule has 0 N–H and O–H groups in total. The Kier molecular flexibility index (Phi) is 4.85. The molecule has 0 heterocycles. The molecule has 0 bridgehead atoms. The summed E-state index contributed by atoms with van der Waals surface area (Å²) in [6.45, 7) is 0. The molecule has 0 saturated carbocycles. The van der Waals surface area contributed by atoms with E-state index >= 15 is 0 Å². The van der Waals surface area contributed by atoms with Crippen LogP contribution in [0.2, 0.25) is 5.02 Å². The van der Waals surface area contributed by atoms with Gasteiger partial charge in [0.05, 0.1) is 21.1 Å². The van der Waals surface area contributed by atoms with E-state index in [2.05, 4.69) is 0 Å². The number of hydrogen-bond acceptors (Lipinski definition) is 3. The highest BCUT2D eigenvalue weighted by Gasteiger charge is 2.39. The van der Waals surface area contributed by atoms with Crippen molar-refractivity contribution in [1.82, 2.24) is 0 Å². The number of halogens is 7. The van der Waals surface area contributed by atoms with Crippen LogP contribution in [-0.2, 0) is 12.4 Å². The average Bonchev–Trinajstić information content (AvgIpc) is 2.47. The zero-order valence-electron chi connectivity index (χ0n) is 11.8. The number of nitrogens with zero attached hydrogens (tertiary/aromatic N) is 1. The second kappa shape index (κ2) is 6.43. The summed E-state index contributed by atoms with van der Waals surface area (Å²) in [5.74, 6) is -1.30. The predicted octanol–water partition coefficient (Wildman–Crippen LogP) is 6.08. The average molecular weight is 386 g/mol. The molecule has 2 aromatic carbocycles. The van der Waals surface area contributed by atoms with Gasteiger partial charge in [-0.25, -0.2) is 0 Å². The number of alkyl halides is 6. The summed E-state index contributed by atoms with van der Waals surface area (Å²) >= 11 is 5.70. The number of nitro groups is 1. The van der Waals surface area contributed by atoms with Crippen molar-refractivity contribution in [2.24, 2.45) is 0 Å². The van der Waals surface area contributed by atoms with E-state index in [0.29, 0.717) is 12.1 Å². The van der Waals surface area contributed by atoms with Crippen LogP contribution < -0.4 is 4.74 Å². The van der Waals surface area contributed by atoms with Crippen molar-refractivity contribution in [1.29, 1.82) is 0 Å². The van der Waals surface area contributed by atoms with E-state index in [0.717, 1.165) is 18.2 Å². The van der Waals surface area contributed by atoms with Crippen LogP contribution in [0, 0.1) is 10.1 Å². The number of non-ortho nitro benzene ring substituents is 1. The SMILES string of the molecule is O=[N+]([O-])c1ccc(Oc2ccc(C(F)(F)F)cc2C(F)(F)F)c(Cl)c1. The van der Waals surface area contributed by atoms with Gasteiger partial charge >= 0.3 is 12.4 Å². The van der Waals surface area contributed by atoms with Crippen LogP contribution in [0.1, 0.15) is 11.1 Å². The van der Waals surface area contributed by atoms with E-state index in [1.54, 1.807) is 0 Å². The first-order valence-electron chi connectivity index (χ1n) is 6.30. The molecule has 134 valence electrons. The van der Waals surface area contributed by atoms with E-state index in [-0.39, 0.29) is 16.8 Å². The Bertz CT molecular complexity index is 819. The van der Waals surface area contributed by atoms with Crippen molar-refractivity contribution >= 4 is 17.3 Å². The lowest BCUT2D eigenvalue weighted by Gasteiger charge is -2.16. The molecule has 25 heavy (non-hydrogen) atoms. The van der Waals surface area contributed by atoms with Crippen molar-refractivity contribution in [2.45, 2.75) is 12.4 Å².